The third kappa shape index (κ3) is 6.47. The number of rotatable bonds is 9. The van der Waals surface area contributed by atoms with Gasteiger partial charge in [-0.2, -0.15) is 0 Å². The molecule has 0 saturated heterocycles. The van der Waals surface area contributed by atoms with Crippen LogP contribution in [-0.4, -0.2) is 0 Å². The van der Waals surface area contributed by atoms with Gasteiger partial charge in [0.25, 0.3) is 0 Å². The molecule has 0 radical (unpaired) electrons. The molecule has 1 heteroatoms. The van der Waals surface area contributed by atoms with E-state index in [1.54, 1.807) is 0 Å². The minimum absolute atomic E-state index is 0.460. The van der Waals surface area contributed by atoms with E-state index in [9.17, 15) is 0 Å². The van der Waals surface area contributed by atoms with Gasteiger partial charge in [-0.05, 0) is 113 Å². The fourth-order valence-electron chi connectivity index (χ4n) is 10.7. The van der Waals surface area contributed by atoms with Crippen molar-refractivity contribution in [3.8, 4) is 55.6 Å². The lowest BCUT2D eigenvalue weighted by Crippen LogP contribution is -2.28. The zero-order valence-electron chi connectivity index (χ0n) is 36.4. The van der Waals surface area contributed by atoms with E-state index in [4.69, 9.17) is 0 Å². The minimum Gasteiger partial charge on any atom is -0.310 e. The van der Waals surface area contributed by atoms with E-state index in [0.717, 1.165) is 17.1 Å². The Hall–Kier alpha value is -8.52. The minimum atomic E-state index is -0.460. The largest absolute Gasteiger partial charge is 0.310 e. The van der Waals surface area contributed by atoms with Crippen LogP contribution in [0.3, 0.4) is 0 Å². The van der Waals surface area contributed by atoms with Crippen molar-refractivity contribution >= 4 is 27.8 Å². The molecule has 1 aliphatic rings. The van der Waals surface area contributed by atoms with E-state index < -0.39 is 5.41 Å². The van der Waals surface area contributed by atoms with E-state index >= 15 is 0 Å². The second-order valence-corrected chi connectivity index (χ2v) is 17.1. The van der Waals surface area contributed by atoms with Crippen molar-refractivity contribution in [2.45, 2.75) is 5.41 Å². The van der Waals surface area contributed by atoms with Gasteiger partial charge in [-0.25, -0.2) is 0 Å². The Bertz CT molecular complexity index is 3440. The molecule has 0 aliphatic heterocycles. The number of para-hydroxylation sites is 1. The molecule has 12 rings (SSSR count). The molecule has 66 heavy (non-hydrogen) atoms. The number of fused-ring (bicyclic) bond motifs is 4. The molecule has 0 fully saturated rings. The third-order valence-corrected chi connectivity index (χ3v) is 13.6. The molecule has 0 aromatic heterocycles. The highest BCUT2D eigenvalue weighted by atomic mass is 15.1. The first-order valence-electron chi connectivity index (χ1n) is 22.8. The van der Waals surface area contributed by atoms with Crippen LogP contribution in [0, 0.1) is 0 Å². The SMILES string of the molecule is c1ccc(-c2ccc(N(c3ccc(-c4cccc5c4-c4ccccc4C5(c4ccccc4)c4ccccc4)cc3)c3ccccc3-c3cccc4cccc(-c5ccccc5)c34)cc2)cc1. The van der Waals surface area contributed by atoms with E-state index in [1.807, 2.05) is 0 Å². The predicted octanol–water partition coefficient (Wildman–Crippen LogP) is 17.3. The highest BCUT2D eigenvalue weighted by molar-refractivity contribution is 6.09. The van der Waals surface area contributed by atoms with Gasteiger partial charge < -0.3 is 4.90 Å². The summed E-state index contributed by atoms with van der Waals surface area (Å²) in [5, 5.41) is 2.46. The summed E-state index contributed by atoms with van der Waals surface area (Å²) in [6, 6.07) is 99.9. The molecule has 0 N–H and O–H groups in total. The molecule has 1 nitrogen and oxygen atoms in total. The molecule has 0 spiro atoms. The summed E-state index contributed by atoms with van der Waals surface area (Å²) in [5.74, 6) is 0. The molecule has 0 saturated carbocycles. The molecule has 0 atom stereocenters. The normalized spacial score (nSPS) is 12.4. The Morgan fingerprint density at radius 1 is 0.258 bits per heavy atom. The first kappa shape index (κ1) is 39.1. The van der Waals surface area contributed by atoms with Crippen molar-refractivity contribution in [1.29, 1.82) is 0 Å². The van der Waals surface area contributed by atoms with Crippen molar-refractivity contribution < 1.29 is 0 Å². The van der Waals surface area contributed by atoms with Crippen LogP contribution in [0.15, 0.2) is 273 Å². The second kappa shape index (κ2) is 16.6. The molecule has 0 heterocycles. The van der Waals surface area contributed by atoms with Crippen molar-refractivity contribution in [1.82, 2.24) is 0 Å². The van der Waals surface area contributed by atoms with Gasteiger partial charge in [0.15, 0.2) is 0 Å². The van der Waals surface area contributed by atoms with Crippen LogP contribution in [0.25, 0.3) is 66.4 Å². The highest BCUT2D eigenvalue weighted by Crippen LogP contribution is 2.58. The summed E-state index contributed by atoms with van der Waals surface area (Å²) in [5.41, 5.74) is 20.1. The Morgan fingerprint density at radius 3 is 1.32 bits per heavy atom. The summed E-state index contributed by atoms with van der Waals surface area (Å²) >= 11 is 0. The molecule has 310 valence electrons. The average molecular weight is 840 g/mol. The average Bonchev–Trinajstić information content (AvgIpc) is 3.71. The van der Waals surface area contributed by atoms with E-state index in [1.165, 1.54) is 88.7 Å². The van der Waals surface area contributed by atoms with Gasteiger partial charge >= 0.3 is 0 Å². The molecule has 0 amide bonds. The fourth-order valence-corrected chi connectivity index (χ4v) is 10.7. The maximum atomic E-state index is 2.43. The van der Waals surface area contributed by atoms with Crippen LogP contribution in [0.4, 0.5) is 17.1 Å². The van der Waals surface area contributed by atoms with Crippen LogP contribution in [0.2, 0.25) is 0 Å². The van der Waals surface area contributed by atoms with Gasteiger partial charge in [-0.15, -0.1) is 0 Å². The molecule has 11 aromatic carbocycles. The van der Waals surface area contributed by atoms with Crippen molar-refractivity contribution in [3.63, 3.8) is 0 Å². The monoisotopic (exact) mass is 839 g/mol. The van der Waals surface area contributed by atoms with E-state index in [2.05, 4.69) is 278 Å². The number of hydrogen-bond acceptors (Lipinski definition) is 1. The van der Waals surface area contributed by atoms with Crippen LogP contribution < -0.4 is 4.90 Å². The third-order valence-electron chi connectivity index (χ3n) is 13.6. The molecular formula is C65H45N. The zero-order chi connectivity index (χ0) is 43.9. The topological polar surface area (TPSA) is 3.24 Å². The number of nitrogens with zero attached hydrogens (tertiary/aromatic N) is 1. The Balaban J connectivity index is 1.03. The Morgan fingerprint density at radius 2 is 0.682 bits per heavy atom. The number of anilines is 3. The summed E-state index contributed by atoms with van der Waals surface area (Å²) in [7, 11) is 0. The van der Waals surface area contributed by atoms with Gasteiger partial charge in [0, 0.05) is 16.9 Å². The van der Waals surface area contributed by atoms with Crippen LogP contribution >= 0.6 is 0 Å². The zero-order valence-corrected chi connectivity index (χ0v) is 36.4. The summed E-state index contributed by atoms with van der Waals surface area (Å²) < 4.78 is 0. The molecular weight excluding hydrogens is 795 g/mol. The maximum absolute atomic E-state index is 2.43. The Labute approximate surface area is 387 Å². The molecule has 0 unspecified atom stereocenters. The number of benzene rings is 11. The summed E-state index contributed by atoms with van der Waals surface area (Å²) in [6.45, 7) is 0. The van der Waals surface area contributed by atoms with E-state index in [0.29, 0.717) is 0 Å². The van der Waals surface area contributed by atoms with Gasteiger partial charge in [0.2, 0.25) is 0 Å². The van der Waals surface area contributed by atoms with Gasteiger partial charge in [0.1, 0.15) is 0 Å². The molecule has 0 bridgehead atoms. The fraction of sp³-hybridized carbons (Fsp3) is 0.0154. The predicted molar refractivity (Wildman–Crippen MR) is 278 cm³/mol. The van der Waals surface area contributed by atoms with Gasteiger partial charge in [-0.3, -0.25) is 0 Å². The smallest absolute Gasteiger partial charge is 0.0713 e. The molecule has 11 aromatic rings. The van der Waals surface area contributed by atoms with Crippen LogP contribution in [0.1, 0.15) is 22.3 Å². The lowest BCUT2D eigenvalue weighted by Gasteiger charge is -2.34. The number of hydrogen-bond donors (Lipinski definition) is 0. The Kier molecular flexibility index (Phi) is 9.81. The maximum Gasteiger partial charge on any atom is 0.0713 e. The standard InChI is InChI=1S/C65H45N/c1-5-20-46(21-6-1)47-38-42-53(43-39-47)66(62-37-16-14-30-57(62)58-34-18-25-50-24-17-32-55(63(50)58)48-22-7-2-8-23-48)54-44-40-49(41-45-54)56-33-19-36-61-64(56)59-31-13-15-35-60(59)65(61,51-26-9-3-10-27-51)52-28-11-4-12-29-52/h1-45H. The van der Waals surface area contributed by atoms with Gasteiger partial charge in [0.05, 0.1) is 11.1 Å². The van der Waals surface area contributed by atoms with Crippen molar-refractivity contribution in [2.75, 3.05) is 4.90 Å². The van der Waals surface area contributed by atoms with Crippen LogP contribution in [-0.2, 0) is 5.41 Å². The lowest BCUT2D eigenvalue weighted by atomic mass is 9.67. The highest BCUT2D eigenvalue weighted by Gasteiger charge is 2.46. The van der Waals surface area contributed by atoms with E-state index in [-0.39, 0.29) is 0 Å². The second-order valence-electron chi connectivity index (χ2n) is 17.1. The summed E-state index contributed by atoms with van der Waals surface area (Å²) in [4.78, 5) is 2.43. The van der Waals surface area contributed by atoms with Crippen molar-refractivity contribution in [2.24, 2.45) is 0 Å². The first-order chi connectivity index (χ1) is 32.8. The summed E-state index contributed by atoms with van der Waals surface area (Å²) in [6.07, 6.45) is 0. The van der Waals surface area contributed by atoms with Crippen molar-refractivity contribution in [3.05, 3.63) is 295 Å². The lowest BCUT2D eigenvalue weighted by molar-refractivity contribution is 0.768. The quantitative estimate of drug-likeness (QED) is 0.140. The van der Waals surface area contributed by atoms with Gasteiger partial charge in [-0.1, -0.05) is 243 Å². The first-order valence-corrected chi connectivity index (χ1v) is 22.8. The molecule has 1 aliphatic carbocycles. The van der Waals surface area contributed by atoms with Crippen LogP contribution in [0.5, 0.6) is 0 Å².